The molecular weight excluding hydrogens is 309 g/mol. The van der Waals surface area contributed by atoms with Crippen molar-refractivity contribution in [2.45, 2.75) is 32.7 Å². The predicted octanol–water partition coefficient (Wildman–Crippen LogP) is 3.79. The van der Waals surface area contributed by atoms with Crippen molar-refractivity contribution in [3.63, 3.8) is 0 Å². The van der Waals surface area contributed by atoms with Gasteiger partial charge in [-0.05, 0) is 61.7 Å². The Morgan fingerprint density at radius 1 is 1.17 bits per heavy atom. The van der Waals surface area contributed by atoms with Gasteiger partial charge in [0, 0.05) is 16.8 Å². The highest BCUT2D eigenvalue weighted by Crippen LogP contribution is 2.45. The minimum absolute atomic E-state index is 0.209. The van der Waals surface area contributed by atoms with Gasteiger partial charge in [0.2, 0.25) is 0 Å². The van der Waals surface area contributed by atoms with Gasteiger partial charge in [-0.15, -0.1) is 0 Å². The molecule has 1 aliphatic heterocycles. The molecule has 1 amide bonds. The molecule has 0 aromatic heterocycles. The van der Waals surface area contributed by atoms with Crippen molar-refractivity contribution in [3.05, 3.63) is 64.5 Å². The zero-order valence-electron chi connectivity index (χ0n) is 13.8. The fourth-order valence-electron chi connectivity index (χ4n) is 3.39. The van der Waals surface area contributed by atoms with Crippen LogP contribution in [0, 0.1) is 19.7 Å². The van der Waals surface area contributed by atoms with E-state index in [9.17, 15) is 19.1 Å². The summed E-state index contributed by atoms with van der Waals surface area (Å²) >= 11 is 0. The number of carboxylic acid groups (broad SMARTS) is 1. The molecule has 1 N–H and O–H groups in total. The first kappa shape index (κ1) is 16.2. The molecule has 124 valence electrons. The number of benzene rings is 2. The molecule has 3 rings (SSSR count). The molecule has 1 unspecified atom stereocenters. The topological polar surface area (TPSA) is 57.6 Å². The molecule has 24 heavy (non-hydrogen) atoms. The maximum Gasteiger partial charge on any atom is 0.334 e. The van der Waals surface area contributed by atoms with Gasteiger partial charge >= 0.3 is 5.97 Å². The lowest BCUT2D eigenvalue weighted by molar-refractivity contribution is -0.143. The van der Waals surface area contributed by atoms with Crippen molar-refractivity contribution in [3.8, 4) is 0 Å². The van der Waals surface area contributed by atoms with Gasteiger partial charge in [0.05, 0.1) is 0 Å². The number of carbonyl (C=O) groups excluding carboxylic acids is 1. The fourth-order valence-corrected chi connectivity index (χ4v) is 3.39. The Balaban J connectivity index is 2.31. The van der Waals surface area contributed by atoms with Crippen LogP contribution < -0.4 is 4.90 Å². The maximum absolute atomic E-state index is 13.3. The minimum atomic E-state index is -1.48. The minimum Gasteiger partial charge on any atom is -0.479 e. The van der Waals surface area contributed by atoms with E-state index in [1.54, 1.807) is 19.1 Å². The van der Waals surface area contributed by atoms with Crippen molar-refractivity contribution in [2.75, 3.05) is 4.90 Å². The van der Waals surface area contributed by atoms with Crippen molar-refractivity contribution >= 4 is 17.6 Å². The Hall–Kier alpha value is -2.69. The third-order valence-electron chi connectivity index (χ3n) is 4.84. The van der Waals surface area contributed by atoms with Crippen LogP contribution in [-0.2, 0) is 10.3 Å². The number of rotatable bonds is 3. The number of amides is 1. The highest BCUT2D eigenvalue weighted by molar-refractivity contribution is 6.17. The summed E-state index contributed by atoms with van der Waals surface area (Å²) in [5.74, 6) is -1.90. The summed E-state index contributed by atoms with van der Waals surface area (Å²) in [6.45, 7) is 5.52. The second kappa shape index (κ2) is 5.44. The summed E-state index contributed by atoms with van der Waals surface area (Å²) in [5.41, 5.74) is 1.64. The van der Waals surface area contributed by atoms with Gasteiger partial charge in [-0.3, -0.25) is 9.69 Å². The molecule has 0 bridgehead atoms. The number of hydrogen-bond acceptors (Lipinski definition) is 2. The fraction of sp³-hybridized carbons (Fsp3) is 0.263. The lowest BCUT2D eigenvalue weighted by atomic mass is 9.85. The van der Waals surface area contributed by atoms with Gasteiger partial charge in [-0.2, -0.15) is 0 Å². The van der Waals surface area contributed by atoms with Gasteiger partial charge in [0.1, 0.15) is 5.82 Å². The molecule has 0 saturated heterocycles. The van der Waals surface area contributed by atoms with Gasteiger partial charge in [0.25, 0.3) is 5.91 Å². The lowest BCUT2D eigenvalue weighted by Crippen LogP contribution is -2.49. The maximum atomic E-state index is 13.3. The van der Waals surface area contributed by atoms with Crippen molar-refractivity contribution in [1.29, 1.82) is 0 Å². The van der Waals surface area contributed by atoms with Crippen LogP contribution >= 0.6 is 0 Å². The number of fused-ring (bicyclic) bond motifs is 1. The number of nitrogens with zero attached hydrogens (tertiary/aromatic N) is 1. The first-order valence-electron chi connectivity index (χ1n) is 7.78. The SMILES string of the molecule is CCC1(C(=O)O)c2cc(C)c(C)cc2C(=O)N1c1ccc(F)cc1. The van der Waals surface area contributed by atoms with Crippen LogP contribution in [-0.4, -0.2) is 17.0 Å². The first-order chi connectivity index (χ1) is 11.3. The number of carbonyl (C=O) groups is 2. The van der Waals surface area contributed by atoms with Crippen LogP contribution in [0.3, 0.4) is 0 Å². The first-order valence-corrected chi connectivity index (χ1v) is 7.78. The van der Waals surface area contributed by atoms with Crippen LogP contribution in [0.15, 0.2) is 36.4 Å². The Morgan fingerprint density at radius 2 is 1.75 bits per heavy atom. The van der Waals surface area contributed by atoms with E-state index in [1.807, 2.05) is 13.8 Å². The molecule has 4 nitrogen and oxygen atoms in total. The molecule has 0 fully saturated rings. The van der Waals surface area contributed by atoms with Crippen LogP contribution in [0.25, 0.3) is 0 Å². The molecular formula is C19H18FNO3. The van der Waals surface area contributed by atoms with E-state index >= 15 is 0 Å². The van der Waals surface area contributed by atoms with Gasteiger partial charge in [0.15, 0.2) is 5.54 Å². The van der Waals surface area contributed by atoms with E-state index in [-0.39, 0.29) is 12.3 Å². The standard InChI is InChI=1S/C19H18FNO3/c1-4-19(18(23)24)16-10-12(3)11(2)9-15(16)17(22)21(19)14-7-5-13(20)6-8-14/h5-10H,4H2,1-3H3,(H,23,24). The third-order valence-corrected chi connectivity index (χ3v) is 4.84. The number of halogens is 1. The van der Waals surface area contributed by atoms with E-state index in [0.717, 1.165) is 11.1 Å². The molecule has 1 aliphatic rings. The van der Waals surface area contributed by atoms with Gasteiger partial charge in [-0.1, -0.05) is 13.0 Å². The number of carboxylic acids is 1. The Kier molecular flexibility index (Phi) is 3.67. The summed E-state index contributed by atoms with van der Waals surface area (Å²) in [4.78, 5) is 26.5. The summed E-state index contributed by atoms with van der Waals surface area (Å²) in [6.07, 6.45) is 0.209. The monoisotopic (exact) mass is 327 g/mol. The second-order valence-electron chi connectivity index (χ2n) is 6.12. The van der Waals surface area contributed by atoms with E-state index in [2.05, 4.69) is 0 Å². The molecule has 2 aromatic carbocycles. The quantitative estimate of drug-likeness (QED) is 0.933. The van der Waals surface area contributed by atoms with E-state index in [4.69, 9.17) is 0 Å². The lowest BCUT2D eigenvalue weighted by Gasteiger charge is -2.34. The summed E-state index contributed by atoms with van der Waals surface area (Å²) in [5, 5.41) is 10.0. The molecule has 0 spiro atoms. The number of aliphatic carboxylic acids is 1. The molecule has 1 heterocycles. The zero-order valence-corrected chi connectivity index (χ0v) is 13.8. The highest BCUT2D eigenvalue weighted by Gasteiger charge is 2.55. The van der Waals surface area contributed by atoms with Crippen LogP contribution in [0.5, 0.6) is 0 Å². The second-order valence-corrected chi connectivity index (χ2v) is 6.12. The summed E-state index contributed by atoms with van der Waals surface area (Å²) < 4.78 is 13.3. The predicted molar refractivity (Wildman–Crippen MR) is 88.7 cm³/mol. The summed E-state index contributed by atoms with van der Waals surface area (Å²) in [7, 11) is 0. The van der Waals surface area contributed by atoms with Crippen LogP contribution in [0.2, 0.25) is 0 Å². The van der Waals surface area contributed by atoms with Crippen LogP contribution in [0.4, 0.5) is 10.1 Å². The molecule has 1 atom stereocenters. The van der Waals surface area contributed by atoms with Crippen LogP contribution in [0.1, 0.15) is 40.4 Å². The molecule has 0 aliphatic carbocycles. The average Bonchev–Trinajstić information content (AvgIpc) is 2.78. The number of aryl methyl sites for hydroxylation is 2. The third kappa shape index (κ3) is 2.04. The average molecular weight is 327 g/mol. The Morgan fingerprint density at radius 3 is 2.29 bits per heavy atom. The van der Waals surface area contributed by atoms with Crippen molar-refractivity contribution in [1.82, 2.24) is 0 Å². The van der Waals surface area contributed by atoms with E-state index in [0.29, 0.717) is 16.8 Å². The van der Waals surface area contributed by atoms with E-state index < -0.39 is 17.3 Å². The van der Waals surface area contributed by atoms with E-state index in [1.165, 1.54) is 29.2 Å². The van der Waals surface area contributed by atoms with Gasteiger partial charge < -0.3 is 5.11 Å². The highest BCUT2D eigenvalue weighted by atomic mass is 19.1. The Bertz CT molecular complexity index is 844. The number of anilines is 1. The Labute approximate surface area is 139 Å². The zero-order chi connectivity index (χ0) is 17.6. The smallest absolute Gasteiger partial charge is 0.334 e. The molecule has 0 saturated carbocycles. The van der Waals surface area contributed by atoms with Crippen molar-refractivity contribution < 1.29 is 19.1 Å². The largest absolute Gasteiger partial charge is 0.479 e. The van der Waals surface area contributed by atoms with Gasteiger partial charge in [-0.25, -0.2) is 9.18 Å². The molecule has 5 heteroatoms. The van der Waals surface area contributed by atoms with Crippen molar-refractivity contribution in [2.24, 2.45) is 0 Å². The number of hydrogen-bond donors (Lipinski definition) is 1. The summed E-state index contributed by atoms with van der Waals surface area (Å²) in [6, 6.07) is 8.85. The molecule has 0 radical (unpaired) electrons. The molecule has 2 aromatic rings. The normalized spacial score (nSPS) is 19.5.